The summed E-state index contributed by atoms with van der Waals surface area (Å²) in [7, 11) is 0. The zero-order chi connectivity index (χ0) is 12.5. The molecule has 2 aromatic carbocycles. The summed E-state index contributed by atoms with van der Waals surface area (Å²) in [5.74, 6) is 0. The number of thiophene rings is 1. The number of fused-ring (bicyclic) bond motifs is 3. The number of hydrogen-bond acceptors (Lipinski definition) is 2. The molecule has 3 rings (SSSR count). The molecule has 0 aliphatic heterocycles. The summed E-state index contributed by atoms with van der Waals surface area (Å²) in [6.45, 7) is -0.312. The minimum absolute atomic E-state index is 0.312. The van der Waals surface area contributed by atoms with Crippen LogP contribution in [0.4, 0.5) is 14.5 Å². The maximum absolute atomic E-state index is 12.3. The topological polar surface area (TPSA) is 12.0 Å². The highest BCUT2D eigenvalue weighted by molar-refractivity contribution is 7.26. The number of benzene rings is 2. The molecule has 0 radical (unpaired) electrons. The second kappa shape index (κ2) is 4.53. The van der Waals surface area contributed by atoms with E-state index >= 15 is 0 Å². The summed E-state index contributed by atoms with van der Waals surface area (Å²) >= 11 is 1.63. The Morgan fingerprint density at radius 2 is 1.78 bits per heavy atom. The summed E-state index contributed by atoms with van der Waals surface area (Å²) in [5, 5.41) is 5.11. The van der Waals surface area contributed by atoms with Crippen molar-refractivity contribution in [2.45, 2.75) is 6.43 Å². The molecular weight excluding hydrogens is 252 g/mol. The number of hydrogen-bond donors (Lipinski definition) is 1. The maximum atomic E-state index is 12.3. The van der Waals surface area contributed by atoms with Gasteiger partial charge in [0, 0.05) is 15.5 Å². The number of alkyl halides is 2. The van der Waals surface area contributed by atoms with E-state index in [9.17, 15) is 8.78 Å². The van der Waals surface area contributed by atoms with Crippen LogP contribution in [0.1, 0.15) is 0 Å². The SMILES string of the molecule is FC(F)CNc1cccc2c1sc1ccccc12. The average Bonchev–Trinajstić information content (AvgIpc) is 2.75. The third-order valence-corrected chi connectivity index (χ3v) is 4.07. The molecule has 1 heterocycles. The lowest BCUT2D eigenvalue weighted by molar-refractivity contribution is 0.163. The normalized spacial score (nSPS) is 11.5. The molecule has 18 heavy (non-hydrogen) atoms. The summed E-state index contributed by atoms with van der Waals surface area (Å²) in [6.07, 6.45) is -2.34. The Morgan fingerprint density at radius 1 is 1.00 bits per heavy atom. The van der Waals surface area contributed by atoms with Gasteiger partial charge < -0.3 is 5.32 Å². The van der Waals surface area contributed by atoms with Crippen LogP contribution in [0.15, 0.2) is 42.5 Å². The highest BCUT2D eigenvalue weighted by Gasteiger charge is 2.09. The van der Waals surface area contributed by atoms with Crippen molar-refractivity contribution >= 4 is 37.2 Å². The molecule has 0 aliphatic carbocycles. The first-order valence-corrected chi connectivity index (χ1v) is 6.49. The second-order valence-corrected chi connectivity index (χ2v) is 5.10. The standard InChI is InChI=1S/C14H11F2NS/c15-13(16)8-17-11-6-3-5-10-9-4-1-2-7-12(9)18-14(10)11/h1-7,13,17H,8H2. The summed E-state index contributed by atoms with van der Waals surface area (Å²) in [4.78, 5) is 0. The number of rotatable bonds is 3. The lowest BCUT2D eigenvalue weighted by atomic mass is 10.1. The van der Waals surface area contributed by atoms with E-state index in [-0.39, 0.29) is 6.54 Å². The molecule has 1 aromatic heterocycles. The molecule has 0 aliphatic rings. The van der Waals surface area contributed by atoms with Crippen molar-refractivity contribution < 1.29 is 8.78 Å². The summed E-state index contributed by atoms with van der Waals surface area (Å²) in [5.41, 5.74) is 0.786. The minimum Gasteiger partial charge on any atom is -0.378 e. The van der Waals surface area contributed by atoms with Crippen molar-refractivity contribution in [1.82, 2.24) is 0 Å². The first kappa shape index (κ1) is 11.4. The van der Waals surface area contributed by atoms with Gasteiger partial charge in [0.2, 0.25) is 0 Å². The maximum Gasteiger partial charge on any atom is 0.255 e. The van der Waals surface area contributed by atoms with Gasteiger partial charge in [-0.1, -0.05) is 30.3 Å². The fourth-order valence-corrected chi connectivity index (χ4v) is 3.27. The van der Waals surface area contributed by atoms with E-state index in [0.29, 0.717) is 0 Å². The molecule has 0 bridgehead atoms. The third kappa shape index (κ3) is 1.93. The molecule has 1 N–H and O–H groups in total. The Kier molecular flexibility index (Phi) is 2.88. The summed E-state index contributed by atoms with van der Waals surface area (Å²) in [6, 6.07) is 13.9. The van der Waals surface area contributed by atoms with Crippen LogP contribution >= 0.6 is 11.3 Å². The van der Waals surface area contributed by atoms with Crippen LogP contribution < -0.4 is 5.32 Å². The van der Waals surface area contributed by atoms with E-state index in [2.05, 4.69) is 17.4 Å². The third-order valence-electron chi connectivity index (χ3n) is 2.85. The fourth-order valence-electron chi connectivity index (χ4n) is 2.07. The molecular formula is C14H11F2NS. The lowest BCUT2D eigenvalue weighted by Crippen LogP contribution is -2.09. The fraction of sp³-hybridized carbons (Fsp3) is 0.143. The summed E-state index contributed by atoms with van der Waals surface area (Å²) < 4.78 is 26.8. The molecule has 0 saturated heterocycles. The smallest absolute Gasteiger partial charge is 0.255 e. The Labute approximate surface area is 107 Å². The van der Waals surface area contributed by atoms with Crippen LogP contribution in [0.2, 0.25) is 0 Å². The Morgan fingerprint density at radius 3 is 2.61 bits per heavy atom. The Balaban J connectivity index is 2.15. The van der Waals surface area contributed by atoms with Crippen LogP contribution in [0, 0.1) is 0 Å². The predicted molar refractivity (Wildman–Crippen MR) is 73.8 cm³/mol. The first-order chi connectivity index (χ1) is 8.75. The van der Waals surface area contributed by atoms with Gasteiger partial charge in [-0.25, -0.2) is 8.78 Å². The van der Waals surface area contributed by atoms with Gasteiger partial charge in [0.1, 0.15) is 0 Å². The van der Waals surface area contributed by atoms with Gasteiger partial charge >= 0.3 is 0 Å². The van der Waals surface area contributed by atoms with Gasteiger partial charge in [-0.15, -0.1) is 11.3 Å². The number of nitrogens with one attached hydrogen (secondary N) is 1. The van der Waals surface area contributed by atoms with Gasteiger partial charge in [0.25, 0.3) is 6.43 Å². The highest BCUT2D eigenvalue weighted by Crippen LogP contribution is 2.37. The van der Waals surface area contributed by atoms with Crippen LogP contribution in [0.25, 0.3) is 20.2 Å². The molecule has 4 heteroatoms. The van der Waals surface area contributed by atoms with E-state index in [4.69, 9.17) is 0 Å². The van der Waals surface area contributed by atoms with Crippen LogP contribution in [0.5, 0.6) is 0 Å². The van der Waals surface area contributed by atoms with Crippen LogP contribution in [-0.4, -0.2) is 13.0 Å². The van der Waals surface area contributed by atoms with Gasteiger partial charge in [-0.05, 0) is 12.1 Å². The van der Waals surface area contributed by atoms with Crippen molar-refractivity contribution in [3.8, 4) is 0 Å². The molecule has 0 fully saturated rings. The van der Waals surface area contributed by atoms with Gasteiger partial charge in [-0.2, -0.15) is 0 Å². The van der Waals surface area contributed by atoms with Crippen molar-refractivity contribution in [3.05, 3.63) is 42.5 Å². The van der Waals surface area contributed by atoms with Crippen molar-refractivity contribution in [2.75, 3.05) is 11.9 Å². The second-order valence-electron chi connectivity index (χ2n) is 4.05. The zero-order valence-corrected chi connectivity index (χ0v) is 10.3. The lowest BCUT2D eigenvalue weighted by Gasteiger charge is -2.06. The Hall–Kier alpha value is -1.68. The van der Waals surface area contributed by atoms with Crippen molar-refractivity contribution in [1.29, 1.82) is 0 Å². The zero-order valence-electron chi connectivity index (χ0n) is 9.49. The van der Waals surface area contributed by atoms with E-state index in [1.165, 1.54) is 10.1 Å². The van der Waals surface area contributed by atoms with Crippen molar-refractivity contribution in [3.63, 3.8) is 0 Å². The van der Waals surface area contributed by atoms with Crippen molar-refractivity contribution in [2.24, 2.45) is 0 Å². The van der Waals surface area contributed by atoms with E-state index < -0.39 is 6.43 Å². The highest BCUT2D eigenvalue weighted by atomic mass is 32.1. The predicted octanol–water partition coefficient (Wildman–Crippen LogP) is 4.73. The number of halogens is 2. The van der Waals surface area contributed by atoms with Crippen LogP contribution in [-0.2, 0) is 0 Å². The monoisotopic (exact) mass is 263 g/mol. The molecule has 92 valence electrons. The molecule has 0 amide bonds. The molecule has 0 atom stereocenters. The van der Waals surface area contributed by atoms with Crippen LogP contribution in [0.3, 0.4) is 0 Å². The largest absolute Gasteiger partial charge is 0.378 e. The van der Waals surface area contributed by atoms with E-state index in [1.807, 2.05) is 30.3 Å². The van der Waals surface area contributed by atoms with E-state index in [1.54, 1.807) is 11.3 Å². The van der Waals surface area contributed by atoms with Gasteiger partial charge in [0.15, 0.2) is 0 Å². The quantitative estimate of drug-likeness (QED) is 0.720. The van der Waals surface area contributed by atoms with Gasteiger partial charge in [-0.3, -0.25) is 0 Å². The average molecular weight is 263 g/mol. The minimum atomic E-state index is -2.34. The Bertz CT molecular complexity index is 690. The molecule has 1 nitrogen and oxygen atoms in total. The van der Waals surface area contributed by atoms with E-state index in [0.717, 1.165) is 15.8 Å². The first-order valence-electron chi connectivity index (χ1n) is 5.68. The molecule has 0 saturated carbocycles. The molecule has 0 unspecified atom stereocenters. The van der Waals surface area contributed by atoms with Gasteiger partial charge in [0.05, 0.1) is 16.9 Å². The molecule has 0 spiro atoms. The molecule has 3 aromatic rings. The number of anilines is 1.